The van der Waals surface area contributed by atoms with Gasteiger partial charge in [-0.2, -0.15) is 31.6 Å². The molecule has 1 saturated heterocycles. The average Bonchev–Trinajstić information content (AvgIpc) is 2.80. The molecule has 1 amide bonds. The number of carbonyl (C=O) groups is 1. The Bertz CT molecular complexity index is 1030. The van der Waals surface area contributed by atoms with Gasteiger partial charge in [-0.25, -0.2) is 4.79 Å². The van der Waals surface area contributed by atoms with Crippen LogP contribution < -0.4 is 4.74 Å². The normalized spacial score (nSPS) is 15.2. The number of ether oxygens (including phenoxy) is 2. The zero-order valence-electron chi connectivity index (χ0n) is 17.7. The standard InChI is InChI=1S/C23H20F6N2O3/c24-22(25,26)20(23(27,28)29)34-21(32)31-9-7-15(8-10-31)14-33-19-6-2-5-18(12-19)17-4-1-3-16(11-17)13-30/h1-6,11-12,15,20H,7-10,14H2. The van der Waals surface area contributed by atoms with Gasteiger partial charge in [0, 0.05) is 13.1 Å². The minimum absolute atomic E-state index is 0.0454. The molecule has 1 heterocycles. The molecule has 0 saturated carbocycles. The maximum Gasteiger partial charge on any atom is 0.434 e. The molecule has 182 valence electrons. The molecule has 0 bridgehead atoms. The first kappa shape index (κ1) is 25.2. The molecular formula is C23H20F6N2O3. The predicted octanol–water partition coefficient (Wildman–Crippen LogP) is 5.95. The molecule has 0 radical (unpaired) electrons. The van der Waals surface area contributed by atoms with Crippen LogP contribution in [-0.2, 0) is 4.74 Å². The van der Waals surface area contributed by atoms with Crippen LogP contribution in [0.15, 0.2) is 48.5 Å². The molecule has 0 aromatic heterocycles. The summed E-state index contributed by atoms with van der Waals surface area (Å²) in [6, 6.07) is 16.4. The van der Waals surface area contributed by atoms with Crippen molar-refractivity contribution in [2.75, 3.05) is 19.7 Å². The largest absolute Gasteiger partial charge is 0.493 e. The van der Waals surface area contributed by atoms with Gasteiger partial charge in [0.2, 0.25) is 0 Å². The molecule has 1 aliphatic heterocycles. The first-order chi connectivity index (χ1) is 16.0. The monoisotopic (exact) mass is 486 g/mol. The molecule has 11 heteroatoms. The molecule has 2 aromatic carbocycles. The highest BCUT2D eigenvalue weighted by atomic mass is 19.4. The maximum absolute atomic E-state index is 12.6. The average molecular weight is 486 g/mol. The minimum atomic E-state index is -5.75. The third-order valence-corrected chi connectivity index (χ3v) is 5.33. The number of piperidine rings is 1. The number of rotatable bonds is 5. The lowest BCUT2D eigenvalue weighted by Crippen LogP contribution is -2.49. The first-order valence-electron chi connectivity index (χ1n) is 10.3. The summed E-state index contributed by atoms with van der Waals surface area (Å²) in [6.07, 6.45) is -16.6. The minimum Gasteiger partial charge on any atom is -0.493 e. The lowest BCUT2D eigenvalue weighted by atomic mass is 9.98. The van der Waals surface area contributed by atoms with Crippen molar-refractivity contribution in [3.63, 3.8) is 0 Å². The van der Waals surface area contributed by atoms with Crippen molar-refractivity contribution in [1.82, 2.24) is 4.90 Å². The van der Waals surface area contributed by atoms with Gasteiger partial charge in [0.15, 0.2) is 0 Å². The Balaban J connectivity index is 1.52. The molecule has 0 atom stereocenters. The molecule has 0 unspecified atom stereocenters. The van der Waals surface area contributed by atoms with Gasteiger partial charge in [-0.3, -0.25) is 0 Å². The van der Waals surface area contributed by atoms with Gasteiger partial charge in [0.1, 0.15) is 5.75 Å². The van der Waals surface area contributed by atoms with E-state index in [2.05, 4.69) is 10.8 Å². The van der Waals surface area contributed by atoms with E-state index in [4.69, 9.17) is 10.00 Å². The van der Waals surface area contributed by atoms with Gasteiger partial charge in [-0.05, 0) is 54.2 Å². The first-order valence-corrected chi connectivity index (χ1v) is 10.3. The Labute approximate surface area is 191 Å². The van der Waals surface area contributed by atoms with Crippen LogP contribution in [0, 0.1) is 17.2 Å². The summed E-state index contributed by atoms with van der Waals surface area (Å²) in [4.78, 5) is 12.7. The molecule has 5 nitrogen and oxygen atoms in total. The van der Waals surface area contributed by atoms with Crippen LogP contribution in [0.25, 0.3) is 11.1 Å². The third-order valence-electron chi connectivity index (χ3n) is 5.33. The van der Waals surface area contributed by atoms with E-state index in [0.717, 1.165) is 16.0 Å². The van der Waals surface area contributed by atoms with Crippen molar-refractivity contribution >= 4 is 6.09 Å². The molecule has 3 rings (SSSR count). The molecule has 0 N–H and O–H groups in total. The lowest BCUT2D eigenvalue weighted by Gasteiger charge is -2.33. The number of halogens is 6. The summed E-state index contributed by atoms with van der Waals surface area (Å²) in [5.41, 5.74) is 2.20. The molecule has 1 aliphatic rings. The Morgan fingerprint density at radius 3 is 2.18 bits per heavy atom. The van der Waals surface area contributed by atoms with Crippen molar-refractivity contribution in [2.45, 2.75) is 31.3 Å². The smallest absolute Gasteiger partial charge is 0.434 e. The highest BCUT2D eigenvalue weighted by Gasteiger charge is 2.60. The second kappa shape index (κ2) is 10.2. The van der Waals surface area contributed by atoms with Gasteiger partial charge >= 0.3 is 18.4 Å². The van der Waals surface area contributed by atoms with E-state index in [0.29, 0.717) is 24.2 Å². The zero-order chi connectivity index (χ0) is 24.9. The number of benzene rings is 2. The Morgan fingerprint density at radius 2 is 1.59 bits per heavy atom. The fourth-order valence-corrected chi connectivity index (χ4v) is 3.52. The predicted molar refractivity (Wildman–Crippen MR) is 109 cm³/mol. The van der Waals surface area contributed by atoms with Gasteiger partial charge in [0.25, 0.3) is 6.10 Å². The molecule has 1 fully saturated rings. The highest BCUT2D eigenvalue weighted by Crippen LogP contribution is 2.36. The second-order valence-corrected chi connectivity index (χ2v) is 7.81. The number of hydrogen-bond donors (Lipinski definition) is 0. The van der Waals surface area contributed by atoms with Crippen molar-refractivity contribution in [1.29, 1.82) is 5.26 Å². The van der Waals surface area contributed by atoms with E-state index in [1.165, 1.54) is 0 Å². The number of nitriles is 1. The summed E-state index contributed by atoms with van der Waals surface area (Å²) >= 11 is 0. The van der Waals surface area contributed by atoms with Crippen LogP contribution in [0.4, 0.5) is 31.1 Å². The van der Waals surface area contributed by atoms with Gasteiger partial charge in [-0.1, -0.05) is 24.3 Å². The van der Waals surface area contributed by atoms with Crippen LogP contribution >= 0.6 is 0 Å². The lowest BCUT2D eigenvalue weighted by molar-refractivity contribution is -0.308. The molecule has 0 spiro atoms. The Kier molecular flexibility index (Phi) is 7.59. The number of hydrogen-bond acceptors (Lipinski definition) is 4. The summed E-state index contributed by atoms with van der Waals surface area (Å²) in [5, 5.41) is 9.05. The second-order valence-electron chi connectivity index (χ2n) is 7.81. The fourth-order valence-electron chi connectivity index (χ4n) is 3.52. The topological polar surface area (TPSA) is 62.6 Å². The van der Waals surface area contributed by atoms with Gasteiger partial charge in [-0.15, -0.1) is 0 Å². The van der Waals surface area contributed by atoms with Crippen molar-refractivity contribution in [2.24, 2.45) is 5.92 Å². The summed E-state index contributed by atoms with van der Waals surface area (Å²) in [6.45, 7) is 0.172. The van der Waals surface area contributed by atoms with E-state index in [1.54, 1.807) is 36.4 Å². The quantitative estimate of drug-likeness (QED) is 0.491. The van der Waals surface area contributed by atoms with E-state index in [1.807, 2.05) is 12.1 Å². The molecule has 34 heavy (non-hydrogen) atoms. The van der Waals surface area contributed by atoms with Crippen molar-refractivity contribution < 1.29 is 40.6 Å². The summed E-state index contributed by atoms with van der Waals surface area (Å²) < 4.78 is 85.1. The van der Waals surface area contributed by atoms with Crippen molar-refractivity contribution in [3.05, 3.63) is 54.1 Å². The van der Waals surface area contributed by atoms with E-state index < -0.39 is 24.5 Å². The van der Waals surface area contributed by atoms with Crippen LogP contribution in [0.5, 0.6) is 5.75 Å². The van der Waals surface area contributed by atoms with E-state index in [-0.39, 0.29) is 25.6 Å². The van der Waals surface area contributed by atoms with E-state index in [9.17, 15) is 31.1 Å². The van der Waals surface area contributed by atoms with Crippen molar-refractivity contribution in [3.8, 4) is 22.9 Å². The van der Waals surface area contributed by atoms with Crippen LogP contribution in [-0.4, -0.2) is 49.1 Å². The number of amides is 1. The molecule has 0 aliphatic carbocycles. The van der Waals surface area contributed by atoms with Crippen LogP contribution in [0.1, 0.15) is 18.4 Å². The summed E-state index contributed by atoms with van der Waals surface area (Å²) in [5.74, 6) is 0.524. The van der Waals surface area contributed by atoms with Crippen LogP contribution in [0.3, 0.4) is 0 Å². The highest BCUT2D eigenvalue weighted by molar-refractivity contribution is 5.68. The maximum atomic E-state index is 12.6. The molecular weight excluding hydrogens is 466 g/mol. The Hall–Kier alpha value is -3.42. The third kappa shape index (κ3) is 6.56. The van der Waals surface area contributed by atoms with Gasteiger partial charge in [0.05, 0.1) is 18.2 Å². The number of carbonyl (C=O) groups excluding carboxylic acids is 1. The number of alkyl halides is 6. The Morgan fingerprint density at radius 1 is 1.00 bits per heavy atom. The van der Waals surface area contributed by atoms with Crippen LogP contribution in [0.2, 0.25) is 0 Å². The summed E-state index contributed by atoms with van der Waals surface area (Å²) in [7, 11) is 0. The molecule has 2 aromatic rings. The number of nitrogens with zero attached hydrogens (tertiary/aromatic N) is 2. The fraction of sp³-hybridized carbons (Fsp3) is 0.391. The van der Waals surface area contributed by atoms with E-state index >= 15 is 0 Å². The SMILES string of the molecule is N#Cc1cccc(-c2cccc(OCC3CCN(C(=O)OC(C(F)(F)F)C(F)(F)F)CC3)c2)c1. The zero-order valence-corrected chi connectivity index (χ0v) is 17.7. The van der Waals surface area contributed by atoms with Gasteiger partial charge < -0.3 is 14.4 Å². The number of likely N-dealkylation sites (tertiary alicyclic amines) is 1.